The highest BCUT2D eigenvalue weighted by molar-refractivity contribution is 5.71. The first kappa shape index (κ1) is 27.7. The predicted molar refractivity (Wildman–Crippen MR) is 128 cm³/mol. The number of alkyl halides is 3. The third kappa shape index (κ3) is 10.6. The van der Waals surface area contributed by atoms with Crippen molar-refractivity contribution >= 4 is 5.97 Å². The summed E-state index contributed by atoms with van der Waals surface area (Å²) in [5.41, 5.74) is 0.205. The van der Waals surface area contributed by atoms with E-state index >= 15 is 0 Å². The summed E-state index contributed by atoms with van der Waals surface area (Å²) in [6.07, 6.45) is 2.63. The lowest BCUT2D eigenvalue weighted by Gasteiger charge is -2.23. The van der Waals surface area contributed by atoms with E-state index in [1.165, 1.54) is 37.8 Å². The molecule has 0 aliphatic carbocycles. The Kier molecular flexibility index (Phi) is 11.9. The van der Waals surface area contributed by atoms with Crippen molar-refractivity contribution in [1.29, 1.82) is 0 Å². The second-order valence-electron chi connectivity index (χ2n) is 8.55. The van der Waals surface area contributed by atoms with E-state index in [0.29, 0.717) is 25.3 Å². The molecular weight excluding hydrogens is 443 g/mol. The minimum atomic E-state index is -4.39. The first-order valence-electron chi connectivity index (χ1n) is 12.0. The van der Waals surface area contributed by atoms with Crippen LogP contribution in [-0.2, 0) is 15.7 Å². The predicted octanol–water partition coefficient (Wildman–Crippen LogP) is 7.05. The molecule has 0 fully saturated rings. The highest BCUT2D eigenvalue weighted by Gasteiger charge is 2.30. The summed E-state index contributed by atoms with van der Waals surface area (Å²) in [4.78, 5) is 14.0. The van der Waals surface area contributed by atoms with Crippen molar-refractivity contribution in [3.05, 3.63) is 65.7 Å². The Labute approximate surface area is 201 Å². The first-order valence-corrected chi connectivity index (χ1v) is 12.0. The van der Waals surface area contributed by atoms with Gasteiger partial charge in [0.25, 0.3) is 0 Å². The van der Waals surface area contributed by atoms with Gasteiger partial charge >= 0.3 is 12.1 Å². The molecule has 2 aromatic carbocycles. The van der Waals surface area contributed by atoms with Crippen LogP contribution in [0.1, 0.15) is 69.1 Å². The number of hydrogen-bond acceptors (Lipinski definition) is 4. The lowest BCUT2D eigenvalue weighted by molar-refractivity contribution is -0.144. The van der Waals surface area contributed by atoms with Crippen molar-refractivity contribution in [2.45, 2.75) is 64.1 Å². The summed E-state index contributed by atoms with van der Waals surface area (Å²) in [5.74, 6) is 0.110. The van der Waals surface area contributed by atoms with Gasteiger partial charge in [-0.1, -0.05) is 69.4 Å². The monoisotopic (exact) mass is 479 g/mol. The minimum absolute atomic E-state index is 0.178. The molecule has 0 bridgehead atoms. The van der Waals surface area contributed by atoms with Gasteiger partial charge in [-0.15, -0.1) is 0 Å². The lowest BCUT2D eigenvalue weighted by atomic mass is 10.1. The molecule has 0 radical (unpaired) electrons. The van der Waals surface area contributed by atoms with Gasteiger partial charge in [-0.2, -0.15) is 13.2 Å². The standard InChI is InChI=1S/C27H36F3NO3/c1-3-4-5-6-7-11-20-33-26(32)21-31(2)19-18-25(22-12-9-8-10-13-22)34-24-16-14-23(15-17-24)27(28,29)30/h8-10,12-17,25H,3-7,11,18-21H2,1-2H3. The molecule has 0 amide bonds. The molecule has 0 aromatic heterocycles. The van der Waals surface area contributed by atoms with Gasteiger partial charge in [-0.25, -0.2) is 0 Å². The van der Waals surface area contributed by atoms with Crippen molar-refractivity contribution < 1.29 is 27.4 Å². The van der Waals surface area contributed by atoms with Crippen LogP contribution in [0, 0.1) is 0 Å². The zero-order valence-electron chi connectivity index (χ0n) is 20.2. The molecule has 0 saturated heterocycles. The molecular formula is C27H36F3NO3. The van der Waals surface area contributed by atoms with E-state index in [1.807, 2.05) is 42.3 Å². The molecule has 2 rings (SSSR count). The Morgan fingerprint density at radius 2 is 1.59 bits per heavy atom. The molecule has 7 heteroatoms. The number of carbonyl (C=O) groups is 1. The Balaban J connectivity index is 1.83. The van der Waals surface area contributed by atoms with E-state index in [4.69, 9.17) is 9.47 Å². The van der Waals surface area contributed by atoms with E-state index in [9.17, 15) is 18.0 Å². The van der Waals surface area contributed by atoms with Crippen LogP contribution < -0.4 is 4.74 Å². The number of benzene rings is 2. The van der Waals surface area contributed by atoms with Crippen LogP contribution in [0.15, 0.2) is 54.6 Å². The van der Waals surface area contributed by atoms with Crippen LogP contribution >= 0.6 is 0 Å². The molecule has 1 unspecified atom stereocenters. The number of likely N-dealkylation sites (N-methyl/N-ethyl adjacent to an activating group) is 1. The van der Waals surface area contributed by atoms with Gasteiger partial charge in [0.1, 0.15) is 11.9 Å². The van der Waals surface area contributed by atoms with Crippen molar-refractivity contribution in [3.63, 3.8) is 0 Å². The van der Waals surface area contributed by atoms with E-state index in [0.717, 1.165) is 30.5 Å². The van der Waals surface area contributed by atoms with Gasteiger partial charge in [0.15, 0.2) is 0 Å². The molecule has 1 atom stereocenters. The number of halogens is 3. The number of esters is 1. The number of nitrogens with zero attached hydrogens (tertiary/aromatic N) is 1. The fourth-order valence-corrected chi connectivity index (χ4v) is 3.60. The fraction of sp³-hybridized carbons (Fsp3) is 0.519. The third-order valence-corrected chi connectivity index (χ3v) is 5.56. The molecule has 2 aromatic rings. The van der Waals surface area contributed by atoms with Crippen LogP contribution in [0.4, 0.5) is 13.2 Å². The highest BCUT2D eigenvalue weighted by Crippen LogP contribution is 2.32. The van der Waals surface area contributed by atoms with Crippen LogP contribution in [0.3, 0.4) is 0 Å². The topological polar surface area (TPSA) is 38.8 Å². The Hall–Kier alpha value is -2.54. The molecule has 0 N–H and O–H groups in total. The van der Waals surface area contributed by atoms with Crippen LogP contribution in [0.25, 0.3) is 0 Å². The lowest BCUT2D eigenvalue weighted by Crippen LogP contribution is -2.30. The Morgan fingerprint density at radius 1 is 0.941 bits per heavy atom. The number of ether oxygens (including phenoxy) is 2. The maximum absolute atomic E-state index is 12.8. The summed E-state index contributed by atoms with van der Waals surface area (Å²) in [7, 11) is 1.84. The van der Waals surface area contributed by atoms with Crippen molar-refractivity contribution in [1.82, 2.24) is 4.90 Å². The Morgan fingerprint density at radius 3 is 2.24 bits per heavy atom. The molecule has 188 valence electrons. The van der Waals surface area contributed by atoms with Crippen molar-refractivity contribution in [3.8, 4) is 5.75 Å². The van der Waals surface area contributed by atoms with Crippen LogP contribution in [-0.4, -0.2) is 37.6 Å². The van der Waals surface area contributed by atoms with E-state index < -0.39 is 11.7 Å². The average Bonchev–Trinajstić information content (AvgIpc) is 2.81. The smallest absolute Gasteiger partial charge is 0.416 e. The maximum Gasteiger partial charge on any atom is 0.416 e. The SMILES string of the molecule is CCCCCCCCOC(=O)CN(C)CCC(Oc1ccc(C(F)(F)F)cc1)c1ccccc1. The van der Waals surface area contributed by atoms with Gasteiger partial charge in [-0.05, 0) is 43.3 Å². The third-order valence-electron chi connectivity index (χ3n) is 5.56. The zero-order valence-corrected chi connectivity index (χ0v) is 20.2. The highest BCUT2D eigenvalue weighted by atomic mass is 19.4. The largest absolute Gasteiger partial charge is 0.486 e. The first-order chi connectivity index (χ1) is 16.3. The van der Waals surface area contributed by atoms with Gasteiger partial charge in [0.05, 0.1) is 18.7 Å². The number of carbonyl (C=O) groups excluding carboxylic acids is 1. The summed E-state index contributed by atoms with van der Waals surface area (Å²) in [6.45, 7) is 3.37. The van der Waals surface area contributed by atoms with E-state index in [1.54, 1.807) is 0 Å². The van der Waals surface area contributed by atoms with Crippen molar-refractivity contribution in [2.24, 2.45) is 0 Å². The van der Waals surface area contributed by atoms with Gasteiger partial charge in [0, 0.05) is 13.0 Å². The van der Waals surface area contributed by atoms with Crippen LogP contribution in [0.2, 0.25) is 0 Å². The maximum atomic E-state index is 12.8. The zero-order chi connectivity index (χ0) is 24.8. The average molecular weight is 480 g/mol. The normalized spacial score (nSPS) is 12.5. The quantitative estimate of drug-likeness (QED) is 0.203. The summed E-state index contributed by atoms with van der Waals surface area (Å²) >= 11 is 0. The molecule has 4 nitrogen and oxygen atoms in total. The van der Waals surface area contributed by atoms with Crippen LogP contribution in [0.5, 0.6) is 5.75 Å². The van der Waals surface area contributed by atoms with Gasteiger partial charge in [-0.3, -0.25) is 9.69 Å². The van der Waals surface area contributed by atoms with E-state index in [2.05, 4.69) is 6.92 Å². The molecule has 0 saturated carbocycles. The second-order valence-corrected chi connectivity index (χ2v) is 8.55. The van der Waals surface area contributed by atoms with E-state index in [-0.39, 0.29) is 18.6 Å². The molecule has 0 heterocycles. The van der Waals surface area contributed by atoms with Crippen molar-refractivity contribution in [2.75, 3.05) is 26.7 Å². The number of hydrogen-bond donors (Lipinski definition) is 0. The van der Waals surface area contributed by atoms with Gasteiger partial charge < -0.3 is 9.47 Å². The summed E-state index contributed by atoms with van der Waals surface area (Å²) in [5, 5.41) is 0. The molecule has 34 heavy (non-hydrogen) atoms. The molecule has 0 spiro atoms. The van der Waals surface area contributed by atoms with Gasteiger partial charge in [0.2, 0.25) is 0 Å². The minimum Gasteiger partial charge on any atom is -0.486 e. The molecule has 0 aliphatic rings. The number of unbranched alkanes of at least 4 members (excludes halogenated alkanes) is 5. The second kappa shape index (κ2) is 14.7. The summed E-state index contributed by atoms with van der Waals surface area (Å²) in [6, 6.07) is 14.2. The molecule has 0 aliphatic heterocycles. The Bertz CT molecular complexity index is 825. The summed E-state index contributed by atoms with van der Waals surface area (Å²) < 4.78 is 49.9. The fourth-order valence-electron chi connectivity index (χ4n) is 3.60. The number of rotatable bonds is 15.